The predicted molar refractivity (Wildman–Crippen MR) is 82.6 cm³/mol. The first-order valence-corrected chi connectivity index (χ1v) is 6.79. The van der Waals surface area contributed by atoms with Crippen LogP contribution in [0, 0.1) is 11.6 Å². The van der Waals surface area contributed by atoms with Crippen molar-refractivity contribution in [3.05, 3.63) is 53.6 Å². The number of carbonyl (C=O) groups excluding carboxylic acids is 1. The van der Waals surface area contributed by atoms with Gasteiger partial charge in [0.1, 0.15) is 0 Å². The van der Waals surface area contributed by atoms with Crippen molar-refractivity contribution in [3.8, 4) is 0 Å². The second-order valence-electron chi connectivity index (χ2n) is 5.16. The minimum Gasteiger partial charge on any atom is -0.377 e. The molecule has 0 radical (unpaired) electrons. The highest BCUT2D eigenvalue weighted by Crippen LogP contribution is 2.32. The molecule has 1 amide bonds. The van der Waals surface area contributed by atoms with E-state index in [1.165, 1.54) is 6.07 Å². The number of anilines is 2. The van der Waals surface area contributed by atoms with Gasteiger partial charge in [-0.05, 0) is 30.3 Å². The van der Waals surface area contributed by atoms with Gasteiger partial charge in [0.15, 0.2) is 23.0 Å². The van der Waals surface area contributed by atoms with E-state index in [1.807, 2.05) is 31.1 Å². The third-order valence-electron chi connectivity index (χ3n) is 3.37. The van der Waals surface area contributed by atoms with Crippen LogP contribution in [0.15, 0.2) is 40.9 Å². The second kappa shape index (κ2) is 5.68. The first-order valence-electron chi connectivity index (χ1n) is 6.79. The van der Waals surface area contributed by atoms with Crippen molar-refractivity contribution < 1.29 is 18.1 Å². The fourth-order valence-corrected chi connectivity index (χ4v) is 2.25. The first-order chi connectivity index (χ1) is 11.0. The fourth-order valence-electron chi connectivity index (χ4n) is 2.25. The molecule has 0 aliphatic heterocycles. The van der Waals surface area contributed by atoms with Gasteiger partial charge in [0.05, 0.1) is 11.1 Å². The Bertz CT molecular complexity index is 890. The third-order valence-corrected chi connectivity index (χ3v) is 3.37. The van der Waals surface area contributed by atoms with Crippen molar-refractivity contribution in [1.29, 1.82) is 0 Å². The number of hydrogen-bond acceptors (Lipinski definition) is 4. The molecule has 3 aromatic rings. The van der Waals surface area contributed by atoms with Crippen molar-refractivity contribution in [1.82, 2.24) is 5.16 Å². The van der Waals surface area contributed by atoms with Crippen LogP contribution < -0.4 is 10.2 Å². The maximum atomic E-state index is 13.2. The average molecular weight is 317 g/mol. The summed E-state index contributed by atoms with van der Waals surface area (Å²) in [6.45, 7) is 0. The molecule has 1 aromatic heterocycles. The quantitative estimate of drug-likeness (QED) is 0.804. The number of aromatic nitrogens is 1. The van der Waals surface area contributed by atoms with E-state index in [0.717, 1.165) is 17.8 Å². The van der Waals surface area contributed by atoms with Crippen LogP contribution in [0.4, 0.5) is 20.3 Å². The van der Waals surface area contributed by atoms with Gasteiger partial charge in [-0.3, -0.25) is 4.79 Å². The minimum absolute atomic E-state index is 0.0117. The van der Waals surface area contributed by atoms with Crippen LogP contribution in [0.1, 0.15) is 10.4 Å². The van der Waals surface area contributed by atoms with Crippen LogP contribution in [0.5, 0.6) is 0 Å². The summed E-state index contributed by atoms with van der Waals surface area (Å²) in [5.74, 6) is -2.48. The molecule has 7 heteroatoms. The Kier molecular flexibility index (Phi) is 3.69. The lowest BCUT2D eigenvalue weighted by atomic mass is 10.1. The Morgan fingerprint density at radius 3 is 2.65 bits per heavy atom. The highest BCUT2D eigenvalue weighted by molar-refractivity contribution is 6.10. The molecular weight excluding hydrogens is 304 g/mol. The zero-order valence-corrected chi connectivity index (χ0v) is 12.4. The van der Waals surface area contributed by atoms with Crippen molar-refractivity contribution in [2.45, 2.75) is 0 Å². The zero-order valence-electron chi connectivity index (χ0n) is 12.4. The van der Waals surface area contributed by atoms with Crippen molar-refractivity contribution in [3.63, 3.8) is 0 Å². The van der Waals surface area contributed by atoms with Gasteiger partial charge in [-0.1, -0.05) is 11.2 Å². The number of hydrogen-bond donors (Lipinski definition) is 1. The van der Waals surface area contributed by atoms with E-state index in [2.05, 4.69) is 10.5 Å². The van der Waals surface area contributed by atoms with E-state index in [-0.39, 0.29) is 11.4 Å². The monoisotopic (exact) mass is 317 g/mol. The number of benzene rings is 2. The van der Waals surface area contributed by atoms with Crippen LogP contribution in [0.25, 0.3) is 11.0 Å². The molecule has 0 fully saturated rings. The summed E-state index contributed by atoms with van der Waals surface area (Å²) in [7, 11) is 3.70. The molecule has 23 heavy (non-hydrogen) atoms. The van der Waals surface area contributed by atoms with Gasteiger partial charge < -0.3 is 14.7 Å². The summed E-state index contributed by atoms with van der Waals surface area (Å²) < 4.78 is 31.4. The SMILES string of the molecule is CN(C)c1cccc2onc(NC(=O)c3ccc(F)c(F)c3)c12. The molecule has 1 heterocycles. The van der Waals surface area contributed by atoms with Gasteiger partial charge >= 0.3 is 0 Å². The van der Waals surface area contributed by atoms with E-state index in [1.54, 1.807) is 6.07 Å². The van der Waals surface area contributed by atoms with Crippen LogP contribution in [-0.2, 0) is 0 Å². The predicted octanol–water partition coefficient (Wildman–Crippen LogP) is 3.42. The lowest BCUT2D eigenvalue weighted by Gasteiger charge is -2.13. The van der Waals surface area contributed by atoms with Crippen LogP contribution >= 0.6 is 0 Å². The summed E-state index contributed by atoms with van der Waals surface area (Å²) in [4.78, 5) is 14.1. The molecule has 0 spiro atoms. The largest absolute Gasteiger partial charge is 0.377 e. The summed E-state index contributed by atoms with van der Waals surface area (Å²) >= 11 is 0. The van der Waals surface area contributed by atoms with E-state index in [0.29, 0.717) is 11.0 Å². The number of rotatable bonds is 3. The Balaban J connectivity index is 1.98. The van der Waals surface area contributed by atoms with Crippen LogP contribution in [-0.4, -0.2) is 25.2 Å². The molecule has 118 valence electrons. The number of nitrogens with zero attached hydrogens (tertiary/aromatic N) is 2. The molecule has 1 N–H and O–H groups in total. The van der Waals surface area contributed by atoms with Gasteiger partial charge in [-0.15, -0.1) is 0 Å². The number of halogens is 2. The summed E-state index contributed by atoms with van der Waals surface area (Å²) in [5, 5.41) is 7.04. The number of carbonyl (C=O) groups is 1. The molecule has 0 bridgehead atoms. The molecule has 0 unspecified atom stereocenters. The van der Waals surface area contributed by atoms with Crippen molar-refractivity contribution in [2.24, 2.45) is 0 Å². The first kappa shape index (κ1) is 15.0. The highest BCUT2D eigenvalue weighted by atomic mass is 19.2. The normalized spacial score (nSPS) is 10.8. The Morgan fingerprint density at radius 2 is 1.96 bits per heavy atom. The number of amides is 1. The molecule has 0 saturated carbocycles. The lowest BCUT2D eigenvalue weighted by molar-refractivity contribution is 0.102. The molecule has 3 rings (SSSR count). The summed E-state index contributed by atoms with van der Waals surface area (Å²) in [5.41, 5.74) is 1.31. The number of nitrogens with one attached hydrogen (secondary N) is 1. The molecular formula is C16H13F2N3O2. The van der Waals surface area contributed by atoms with Crippen molar-refractivity contribution in [2.75, 3.05) is 24.3 Å². The Morgan fingerprint density at radius 1 is 1.17 bits per heavy atom. The van der Waals surface area contributed by atoms with Gasteiger partial charge in [0.2, 0.25) is 0 Å². The molecule has 0 atom stereocenters. The number of fused-ring (bicyclic) bond motifs is 1. The second-order valence-corrected chi connectivity index (χ2v) is 5.16. The average Bonchev–Trinajstić information content (AvgIpc) is 2.93. The van der Waals surface area contributed by atoms with Gasteiger partial charge in [-0.25, -0.2) is 8.78 Å². The van der Waals surface area contributed by atoms with Gasteiger partial charge in [0, 0.05) is 19.7 Å². The Hall–Kier alpha value is -2.96. The van der Waals surface area contributed by atoms with Crippen LogP contribution in [0.3, 0.4) is 0 Å². The van der Waals surface area contributed by atoms with Gasteiger partial charge in [0.25, 0.3) is 5.91 Å². The van der Waals surface area contributed by atoms with Gasteiger partial charge in [-0.2, -0.15) is 0 Å². The molecule has 2 aromatic carbocycles. The smallest absolute Gasteiger partial charge is 0.257 e. The van der Waals surface area contributed by atoms with Crippen molar-refractivity contribution >= 4 is 28.4 Å². The summed E-state index contributed by atoms with van der Waals surface area (Å²) in [6.07, 6.45) is 0. The van der Waals surface area contributed by atoms with E-state index < -0.39 is 17.5 Å². The van der Waals surface area contributed by atoms with E-state index >= 15 is 0 Å². The maximum Gasteiger partial charge on any atom is 0.257 e. The molecule has 5 nitrogen and oxygen atoms in total. The summed E-state index contributed by atoms with van der Waals surface area (Å²) in [6, 6.07) is 8.32. The Labute approximate surface area is 130 Å². The minimum atomic E-state index is -1.09. The highest BCUT2D eigenvalue weighted by Gasteiger charge is 2.17. The van der Waals surface area contributed by atoms with E-state index in [9.17, 15) is 13.6 Å². The fraction of sp³-hybridized carbons (Fsp3) is 0.125. The zero-order chi connectivity index (χ0) is 16.6. The lowest BCUT2D eigenvalue weighted by Crippen LogP contribution is -2.14. The molecule has 0 aliphatic rings. The molecule has 0 saturated heterocycles. The standard InChI is InChI=1S/C16H13F2N3O2/c1-21(2)12-4-3-5-13-14(12)15(20-23-13)19-16(22)9-6-7-10(17)11(18)8-9/h3-8H,1-2H3,(H,19,20,22). The third kappa shape index (κ3) is 2.73. The topological polar surface area (TPSA) is 58.4 Å². The van der Waals surface area contributed by atoms with Crippen LogP contribution in [0.2, 0.25) is 0 Å². The van der Waals surface area contributed by atoms with E-state index in [4.69, 9.17) is 4.52 Å². The maximum absolute atomic E-state index is 13.2. The molecule has 0 aliphatic carbocycles.